The molecule has 0 aliphatic carbocycles. The van der Waals surface area contributed by atoms with E-state index in [9.17, 15) is 19.3 Å². The Kier molecular flexibility index (Phi) is 5.45. The second-order valence-electron chi connectivity index (χ2n) is 5.55. The third-order valence-corrected chi connectivity index (χ3v) is 3.75. The fourth-order valence-electron chi connectivity index (χ4n) is 2.39. The summed E-state index contributed by atoms with van der Waals surface area (Å²) in [6.07, 6.45) is 1.27. The molecule has 0 aliphatic heterocycles. The van der Waals surface area contributed by atoms with Crippen LogP contribution >= 0.6 is 0 Å². The zero-order valence-electron chi connectivity index (χ0n) is 14.6. The first kappa shape index (κ1) is 18.8. The third kappa shape index (κ3) is 4.21. The van der Waals surface area contributed by atoms with Crippen LogP contribution in [0.25, 0.3) is 11.3 Å². The summed E-state index contributed by atoms with van der Waals surface area (Å²) in [5.41, 5.74) is 2.68. The Morgan fingerprint density at radius 3 is 2.64 bits per heavy atom. The fraction of sp³-hybridized carbons (Fsp3) is 0.0526. The number of furan rings is 1. The van der Waals surface area contributed by atoms with E-state index in [-0.39, 0.29) is 22.8 Å². The summed E-state index contributed by atoms with van der Waals surface area (Å²) in [5, 5.41) is 14.7. The standard InChI is InChI=1S/C19H14FN3O5/c1-27-18-8-6-14(23(25)26)10-16(18)19(24)22-21-11-15-7-9-17(28-15)12-2-4-13(20)5-3-12/h2-11H,1H3,(H,22,24)/b21-11-. The normalized spacial score (nSPS) is 10.8. The van der Waals surface area contributed by atoms with E-state index in [2.05, 4.69) is 10.5 Å². The van der Waals surface area contributed by atoms with Crippen molar-refractivity contribution in [1.82, 2.24) is 5.43 Å². The van der Waals surface area contributed by atoms with Gasteiger partial charge in [-0.25, -0.2) is 9.82 Å². The molecule has 1 amide bonds. The lowest BCUT2D eigenvalue weighted by molar-refractivity contribution is -0.384. The number of carbonyl (C=O) groups excluding carboxylic acids is 1. The van der Waals surface area contributed by atoms with E-state index < -0.39 is 10.8 Å². The maximum absolute atomic E-state index is 13.0. The van der Waals surface area contributed by atoms with Crippen LogP contribution in [-0.4, -0.2) is 24.2 Å². The monoisotopic (exact) mass is 383 g/mol. The molecule has 1 N–H and O–H groups in total. The van der Waals surface area contributed by atoms with Crippen molar-refractivity contribution in [3.8, 4) is 17.1 Å². The molecule has 28 heavy (non-hydrogen) atoms. The number of nitrogens with one attached hydrogen (secondary N) is 1. The van der Waals surface area contributed by atoms with Crippen molar-refractivity contribution in [1.29, 1.82) is 0 Å². The quantitative estimate of drug-likeness (QED) is 0.396. The number of ether oxygens (including phenoxy) is 1. The number of methoxy groups -OCH3 is 1. The van der Waals surface area contributed by atoms with Gasteiger partial charge in [-0.1, -0.05) is 0 Å². The second-order valence-corrected chi connectivity index (χ2v) is 5.55. The zero-order valence-corrected chi connectivity index (χ0v) is 14.6. The minimum Gasteiger partial charge on any atom is -0.496 e. The van der Waals surface area contributed by atoms with E-state index in [1.807, 2.05) is 0 Å². The number of nitro benzene ring substituents is 1. The highest BCUT2D eigenvalue weighted by atomic mass is 19.1. The van der Waals surface area contributed by atoms with Gasteiger partial charge in [0.2, 0.25) is 0 Å². The van der Waals surface area contributed by atoms with Gasteiger partial charge in [0.15, 0.2) is 0 Å². The van der Waals surface area contributed by atoms with E-state index in [4.69, 9.17) is 9.15 Å². The molecule has 0 spiro atoms. The molecule has 1 heterocycles. The first-order valence-electron chi connectivity index (χ1n) is 7.99. The third-order valence-electron chi connectivity index (χ3n) is 3.75. The molecule has 0 saturated heterocycles. The average molecular weight is 383 g/mol. The van der Waals surface area contributed by atoms with Gasteiger partial charge in [-0.2, -0.15) is 5.10 Å². The van der Waals surface area contributed by atoms with Crippen molar-refractivity contribution < 1.29 is 23.3 Å². The highest BCUT2D eigenvalue weighted by molar-refractivity contribution is 5.98. The molecule has 142 valence electrons. The number of carbonyl (C=O) groups is 1. The summed E-state index contributed by atoms with van der Waals surface area (Å²) in [5.74, 6) is 0.00662. The van der Waals surface area contributed by atoms with E-state index in [0.717, 1.165) is 6.07 Å². The summed E-state index contributed by atoms with van der Waals surface area (Å²) in [7, 11) is 1.35. The number of benzene rings is 2. The van der Waals surface area contributed by atoms with Gasteiger partial charge in [0.05, 0.1) is 23.8 Å². The average Bonchev–Trinajstić information content (AvgIpc) is 3.16. The Morgan fingerprint density at radius 2 is 1.96 bits per heavy atom. The molecule has 0 aliphatic rings. The molecule has 9 heteroatoms. The molecule has 3 aromatic rings. The number of non-ortho nitro benzene ring substituents is 1. The fourth-order valence-corrected chi connectivity index (χ4v) is 2.39. The van der Waals surface area contributed by atoms with Gasteiger partial charge in [0.25, 0.3) is 11.6 Å². The van der Waals surface area contributed by atoms with Crippen molar-refractivity contribution in [3.05, 3.63) is 81.9 Å². The van der Waals surface area contributed by atoms with Gasteiger partial charge in [-0.05, 0) is 42.5 Å². The molecular weight excluding hydrogens is 369 g/mol. The van der Waals surface area contributed by atoms with Crippen LogP contribution in [0.2, 0.25) is 0 Å². The van der Waals surface area contributed by atoms with E-state index in [1.54, 1.807) is 24.3 Å². The van der Waals surface area contributed by atoms with Crippen molar-refractivity contribution in [2.45, 2.75) is 0 Å². The lowest BCUT2D eigenvalue weighted by atomic mass is 10.1. The van der Waals surface area contributed by atoms with Crippen LogP contribution in [0.1, 0.15) is 16.1 Å². The molecule has 1 aromatic heterocycles. The van der Waals surface area contributed by atoms with Crippen LogP contribution in [0.3, 0.4) is 0 Å². The molecule has 0 unspecified atom stereocenters. The van der Waals surface area contributed by atoms with Gasteiger partial charge in [-0.15, -0.1) is 0 Å². The second kappa shape index (κ2) is 8.12. The highest BCUT2D eigenvalue weighted by Crippen LogP contribution is 2.24. The molecule has 3 rings (SSSR count). The molecule has 0 saturated carbocycles. The smallest absolute Gasteiger partial charge is 0.275 e. The van der Waals surface area contributed by atoms with Gasteiger partial charge in [-0.3, -0.25) is 14.9 Å². The van der Waals surface area contributed by atoms with E-state index >= 15 is 0 Å². The first-order chi connectivity index (χ1) is 13.5. The van der Waals surface area contributed by atoms with Crippen molar-refractivity contribution in [2.24, 2.45) is 5.10 Å². The van der Waals surface area contributed by atoms with E-state index in [1.165, 1.54) is 37.6 Å². The molecule has 0 fully saturated rings. The molecule has 2 aromatic carbocycles. The van der Waals surface area contributed by atoms with Crippen LogP contribution in [0.4, 0.5) is 10.1 Å². The molecular formula is C19H14FN3O5. The molecule has 8 nitrogen and oxygen atoms in total. The maximum atomic E-state index is 13.0. The van der Waals surface area contributed by atoms with Crippen LogP contribution in [0, 0.1) is 15.9 Å². The lowest BCUT2D eigenvalue weighted by Gasteiger charge is -2.06. The number of nitrogens with zero attached hydrogens (tertiary/aromatic N) is 2. The molecule has 0 bridgehead atoms. The molecule has 0 atom stereocenters. The van der Waals surface area contributed by atoms with Crippen LogP contribution in [0.15, 0.2) is 64.1 Å². The van der Waals surface area contributed by atoms with Crippen molar-refractivity contribution >= 4 is 17.8 Å². The zero-order chi connectivity index (χ0) is 20.1. The Bertz CT molecular complexity index is 1040. The first-order valence-corrected chi connectivity index (χ1v) is 7.99. The predicted octanol–water partition coefficient (Wildman–Crippen LogP) is 3.77. The van der Waals surface area contributed by atoms with Gasteiger partial charge in [0.1, 0.15) is 23.1 Å². The minimum absolute atomic E-state index is 0.0275. The summed E-state index contributed by atoms with van der Waals surface area (Å²) >= 11 is 0. The van der Waals surface area contributed by atoms with Crippen LogP contribution in [-0.2, 0) is 0 Å². The van der Waals surface area contributed by atoms with Crippen molar-refractivity contribution in [3.63, 3.8) is 0 Å². The Hall–Kier alpha value is -4.01. The van der Waals surface area contributed by atoms with Gasteiger partial charge in [0, 0.05) is 17.7 Å². The maximum Gasteiger partial charge on any atom is 0.275 e. The topological polar surface area (TPSA) is 107 Å². The number of nitro groups is 1. The summed E-state index contributed by atoms with van der Waals surface area (Å²) < 4.78 is 23.6. The SMILES string of the molecule is COc1ccc([N+](=O)[O-])cc1C(=O)N/N=C\c1ccc(-c2ccc(F)cc2)o1. The molecule has 0 radical (unpaired) electrons. The number of amides is 1. The van der Waals surface area contributed by atoms with E-state index in [0.29, 0.717) is 17.1 Å². The summed E-state index contributed by atoms with van der Waals surface area (Å²) in [6.45, 7) is 0. The Labute approximate surface area is 158 Å². The lowest BCUT2D eigenvalue weighted by Crippen LogP contribution is -2.18. The van der Waals surface area contributed by atoms with Crippen molar-refractivity contribution in [2.75, 3.05) is 7.11 Å². The number of hydrogen-bond acceptors (Lipinski definition) is 6. The van der Waals surface area contributed by atoms with Gasteiger partial charge < -0.3 is 9.15 Å². The van der Waals surface area contributed by atoms with Crippen LogP contribution < -0.4 is 10.2 Å². The van der Waals surface area contributed by atoms with Crippen LogP contribution in [0.5, 0.6) is 5.75 Å². The number of halogens is 1. The van der Waals surface area contributed by atoms with Gasteiger partial charge >= 0.3 is 0 Å². The highest BCUT2D eigenvalue weighted by Gasteiger charge is 2.17. The number of hydrazone groups is 1. The number of hydrogen-bond donors (Lipinski definition) is 1. The number of rotatable bonds is 6. The Balaban J connectivity index is 1.71. The summed E-state index contributed by atoms with van der Waals surface area (Å²) in [6, 6.07) is 12.8. The largest absolute Gasteiger partial charge is 0.496 e. The minimum atomic E-state index is -0.679. The Morgan fingerprint density at radius 1 is 1.21 bits per heavy atom. The summed E-state index contributed by atoms with van der Waals surface area (Å²) in [4.78, 5) is 22.5. The predicted molar refractivity (Wildman–Crippen MR) is 98.8 cm³/mol.